The van der Waals surface area contributed by atoms with Crippen LogP contribution >= 0.6 is 0 Å². The predicted octanol–water partition coefficient (Wildman–Crippen LogP) is 2.62. The van der Waals surface area contributed by atoms with Crippen molar-refractivity contribution in [1.29, 1.82) is 0 Å². The van der Waals surface area contributed by atoms with E-state index in [0.29, 0.717) is 55.3 Å². The molecule has 2 N–H and O–H groups in total. The normalized spacial score (nSPS) is 25.0. The average molecular weight is 441 g/mol. The number of carbonyl (C=O) groups is 2. The molecule has 1 aromatic carbocycles. The van der Waals surface area contributed by atoms with Gasteiger partial charge in [-0.3, -0.25) is 19.7 Å². The third-order valence-corrected chi connectivity index (χ3v) is 6.32. The van der Waals surface area contributed by atoms with Gasteiger partial charge < -0.3 is 20.1 Å². The third-order valence-electron chi connectivity index (χ3n) is 6.32. The number of rotatable bonds is 3. The number of benzene rings is 1. The maximum atomic E-state index is 13.6. The highest BCUT2D eigenvalue weighted by molar-refractivity contribution is 5.99. The van der Waals surface area contributed by atoms with Gasteiger partial charge >= 0.3 is 5.69 Å². The zero-order valence-electron chi connectivity index (χ0n) is 18.4. The van der Waals surface area contributed by atoms with Gasteiger partial charge in [0.05, 0.1) is 24.1 Å². The number of aromatic hydroxyl groups is 1. The smallest absolute Gasteiger partial charge is 0.310 e. The molecule has 9 nitrogen and oxygen atoms in total. The number of hydrogen-bond donors (Lipinski definition) is 2. The largest absolute Gasteiger partial charge is 0.502 e. The number of ether oxygens (including phenoxy) is 1. The highest BCUT2D eigenvalue weighted by Crippen LogP contribution is 2.48. The number of allylic oxidation sites excluding steroid dienone is 3. The lowest BCUT2D eigenvalue weighted by Gasteiger charge is -2.42. The molecular weight excluding hydrogens is 414 g/mol. The summed E-state index contributed by atoms with van der Waals surface area (Å²) in [7, 11) is 0. The molecule has 0 radical (unpaired) electrons. The molecule has 1 amide bonds. The first-order valence-corrected chi connectivity index (χ1v) is 10.7. The summed E-state index contributed by atoms with van der Waals surface area (Å²) in [5.41, 5.74) is 1.41. The van der Waals surface area contributed by atoms with Crippen LogP contribution in [0.1, 0.15) is 38.7 Å². The van der Waals surface area contributed by atoms with Crippen molar-refractivity contribution in [2.24, 2.45) is 11.3 Å². The number of amides is 1. The highest BCUT2D eigenvalue weighted by atomic mass is 16.6. The molecule has 1 aromatic rings. The molecule has 4 rings (SSSR count). The summed E-state index contributed by atoms with van der Waals surface area (Å²) in [6, 6.07) is 4.08. The van der Waals surface area contributed by atoms with E-state index in [0.717, 1.165) is 0 Å². The maximum absolute atomic E-state index is 13.6. The second-order valence-electron chi connectivity index (χ2n) is 9.26. The summed E-state index contributed by atoms with van der Waals surface area (Å²) >= 11 is 0. The number of nitrogens with one attached hydrogen (secondary N) is 1. The van der Waals surface area contributed by atoms with Crippen molar-refractivity contribution in [3.63, 3.8) is 0 Å². The first-order chi connectivity index (χ1) is 15.1. The minimum absolute atomic E-state index is 0.0273. The Bertz CT molecular complexity index is 1050. The van der Waals surface area contributed by atoms with E-state index < -0.39 is 28.2 Å². The Labute approximate surface area is 185 Å². The van der Waals surface area contributed by atoms with Crippen LogP contribution in [0, 0.1) is 21.4 Å². The molecule has 2 atom stereocenters. The van der Waals surface area contributed by atoms with Gasteiger partial charge in [0.2, 0.25) is 0 Å². The van der Waals surface area contributed by atoms with E-state index >= 15 is 0 Å². The molecule has 0 saturated carbocycles. The number of nitro groups is 1. The Morgan fingerprint density at radius 3 is 2.62 bits per heavy atom. The second kappa shape index (κ2) is 8.05. The summed E-state index contributed by atoms with van der Waals surface area (Å²) in [6.07, 6.45) is 2.32. The lowest BCUT2D eigenvalue weighted by atomic mass is 9.66. The first-order valence-electron chi connectivity index (χ1n) is 10.7. The zero-order chi connectivity index (χ0) is 23.2. The lowest BCUT2D eigenvalue weighted by Crippen LogP contribution is -2.48. The predicted molar refractivity (Wildman–Crippen MR) is 116 cm³/mol. The van der Waals surface area contributed by atoms with Crippen LogP contribution in [0.2, 0.25) is 0 Å². The van der Waals surface area contributed by atoms with E-state index in [9.17, 15) is 24.8 Å². The Hall–Kier alpha value is -3.20. The molecule has 3 aliphatic rings. The number of ketones is 1. The van der Waals surface area contributed by atoms with E-state index in [1.807, 2.05) is 19.9 Å². The van der Waals surface area contributed by atoms with Crippen LogP contribution in [0.25, 0.3) is 0 Å². The average Bonchev–Trinajstić information content (AvgIpc) is 2.72. The number of carbonyl (C=O) groups excluding carboxylic acids is 2. The molecule has 0 spiro atoms. The lowest BCUT2D eigenvalue weighted by molar-refractivity contribution is -0.385. The second-order valence-corrected chi connectivity index (χ2v) is 9.26. The van der Waals surface area contributed by atoms with E-state index in [1.165, 1.54) is 12.1 Å². The van der Waals surface area contributed by atoms with Crippen LogP contribution in [-0.4, -0.2) is 52.9 Å². The minimum atomic E-state index is -0.694. The van der Waals surface area contributed by atoms with Crippen molar-refractivity contribution in [3.05, 3.63) is 56.9 Å². The third kappa shape index (κ3) is 3.88. The van der Waals surface area contributed by atoms with Crippen LogP contribution in [0.3, 0.4) is 0 Å². The summed E-state index contributed by atoms with van der Waals surface area (Å²) in [4.78, 5) is 39.4. The molecule has 170 valence electrons. The number of nitrogens with zero attached hydrogens (tertiary/aromatic N) is 2. The summed E-state index contributed by atoms with van der Waals surface area (Å²) in [5, 5.41) is 24.7. The fraction of sp³-hybridized carbons (Fsp3) is 0.478. The molecule has 2 heterocycles. The molecule has 1 fully saturated rings. The molecule has 1 aliphatic carbocycles. The van der Waals surface area contributed by atoms with Crippen LogP contribution in [0.4, 0.5) is 5.69 Å². The standard InChI is InChI=1S/C23H27N3O6/c1-13-19(22(29)25-6-8-32-9-7-25)20(14-4-5-17(27)16(10-14)26(30)31)21-15(24-13)11-23(2,3)12-18(21)28/h4-5,10-11,20-21,24,27H,6-9,12H2,1-3H3. The molecule has 0 bridgehead atoms. The van der Waals surface area contributed by atoms with Gasteiger partial charge in [0.15, 0.2) is 5.75 Å². The maximum Gasteiger partial charge on any atom is 0.310 e. The van der Waals surface area contributed by atoms with Gasteiger partial charge in [-0.2, -0.15) is 0 Å². The molecule has 2 aliphatic heterocycles. The SMILES string of the molecule is CC1=C(C(=O)N2CCOCC2)C(c2ccc(O)c([N+](=O)[O-])c2)C2C(=O)CC(C)(C)C=C2N1. The Kier molecular flexibility index (Phi) is 5.54. The highest BCUT2D eigenvalue weighted by Gasteiger charge is 2.47. The summed E-state index contributed by atoms with van der Waals surface area (Å²) in [5.74, 6) is -2.05. The molecular formula is C23H27N3O6. The van der Waals surface area contributed by atoms with Crippen molar-refractivity contribution < 1.29 is 24.4 Å². The van der Waals surface area contributed by atoms with Crippen LogP contribution in [0.15, 0.2) is 41.2 Å². The van der Waals surface area contributed by atoms with E-state index in [2.05, 4.69) is 5.32 Å². The molecule has 0 aromatic heterocycles. The number of Topliss-reactive ketones (excluding diaryl/α,β-unsaturated/α-hetero) is 1. The molecule has 1 saturated heterocycles. The zero-order valence-corrected chi connectivity index (χ0v) is 18.4. The number of morpholine rings is 1. The first kappa shape index (κ1) is 22.0. The summed E-state index contributed by atoms with van der Waals surface area (Å²) in [6.45, 7) is 7.48. The molecule has 32 heavy (non-hydrogen) atoms. The van der Waals surface area contributed by atoms with Gasteiger partial charge in [-0.05, 0) is 24.0 Å². The van der Waals surface area contributed by atoms with Crippen molar-refractivity contribution in [3.8, 4) is 5.75 Å². The van der Waals surface area contributed by atoms with E-state index in [1.54, 1.807) is 17.9 Å². The number of phenolic OH excluding ortho intramolecular Hbond substituents is 1. The number of phenols is 1. The number of fused-ring (bicyclic) bond motifs is 1. The minimum Gasteiger partial charge on any atom is -0.502 e. The van der Waals surface area contributed by atoms with Gasteiger partial charge in [-0.1, -0.05) is 26.0 Å². The van der Waals surface area contributed by atoms with Gasteiger partial charge in [0, 0.05) is 48.5 Å². The van der Waals surface area contributed by atoms with E-state index in [4.69, 9.17) is 4.74 Å². The fourth-order valence-corrected chi connectivity index (χ4v) is 4.93. The molecule has 9 heteroatoms. The van der Waals surface area contributed by atoms with Crippen LogP contribution in [-0.2, 0) is 14.3 Å². The Morgan fingerprint density at radius 2 is 1.97 bits per heavy atom. The number of hydrogen-bond acceptors (Lipinski definition) is 7. The van der Waals surface area contributed by atoms with Gasteiger partial charge in [-0.25, -0.2) is 0 Å². The van der Waals surface area contributed by atoms with Crippen LogP contribution < -0.4 is 5.32 Å². The summed E-state index contributed by atoms with van der Waals surface area (Å²) < 4.78 is 5.37. The topological polar surface area (TPSA) is 122 Å². The molecule has 2 unspecified atom stereocenters. The van der Waals surface area contributed by atoms with Crippen LogP contribution in [0.5, 0.6) is 5.75 Å². The van der Waals surface area contributed by atoms with Crippen molar-refractivity contribution in [2.45, 2.75) is 33.1 Å². The quantitative estimate of drug-likeness (QED) is 0.546. The van der Waals surface area contributed by atoms with Crippen molar-refractivity contribution in [2.75, 3.05) is 26.3 Å². The fourth-order valence-electron chi connectivity index (χ4n) is 4.93. The van der Waals surface area contributed by atoms with Crippen molar-refractivity contribution in [1.82, 2.24) is 10.2 Å². The van der Waals surface area contributed by atoms with Gasteiger partial charge in [-0.15, -0.1) is 0 Å². The number of nitro benzene ring substituents is 1. The van der Waals surface area contributed by atoms with E-state index in [-0.39, 0.29) is 17.1 Å². The Balaban J connectivity index is 1.89. The van der Waals surface area contributed by atoms with Crippen molar-refractivity contribution >= 4 is 17.4 Å². The van der Waals surface area contributed by atoms with Gasteiger partial charge in [0.25, 0.3) is 5.91 Å². The Morgan fingerprint density at radius 1 is 1.28 bits per heavy atom. The monoisotopic (exact) mass is 441 g/mol. The van der Waals surface area contributed by atoms with Gasteiger partial charge in [0.1, 0.15) is 5.78 Å².